The van der Waals surface area contributed by atoms with E-state index in [9.17, 15) is 14.7 Å². The fourth-order valence-electron chi connectivity index (χ4n) is 1.28. The molecule has 1 rings (SSSR count). The van der Waals surface area contributed by atoms with Crippen LogP contribution in [0.2, 0.25) is 0 Å². The van der Waals surface area contributed by atoms with Crippen LogP contribution in [0.15, 0.2) is 30.3 Å². The van der Waals surface area contributed by atoms with Gasteiger partial charge in [0.1, 0.15) is 0 Å². The first-order valence-electron chi connectivity index (χ1n) is 4.40. The van der Waals surface area contributed by atoms with Crippen LogP contribution >= 0.6 is 0 Å². The number of nitrogens with two attached hydrogens (primary N) is 1. The molecule has 0 bridgehead atoms. The van der Waals surface area contributed by atoms with Gasteiger partial charge in [0, 0.05) is 12.4 Å². The lowest BCUT2D eigenvalue weighted by atomic mass is 10.0. The van der Waals surface area contributed by atoms with E-state index in [0.29, 0.717) is 5.56 Å². The molecule has 0 unspecified atom stereocenters. The topological polar surface area (TPSA) is 95.2 Å². The SMILES string of the molecule is NC(=O)N[C@@H](CC(=O)[O-])c1ccccc1. The molecule has 0 aliphatic heterocycles. The van der Waals surface area contributed by atoms with Gasteiger partial charge in [0.2, 0.25) is 0 Å². The number of carboxylic acid groups (broad SMARTS) is 1. The highest BCUT2D eigenvalue weighted by Crippen LogP contribution is 2.15. The first-order valence-corrected chi connectivity index (χ1v) is 4.40. The summed E-state index contributed by atoms with van der Waals surface area (Å²) in [7, 11) is 0. The van der Waals surface area contributed by atoms with Gasteiger partial charge in [-0.25, -0.2) is 4.79 Å². The molecule has 0 saturated carbocycles. The molecule has 0 aliphatic rings. The Labute approximate surface area is 86.9 Å². The third-order valence-corrected chi connectivity index (χ3v) is 1.89. The molecule has 0 saturated heterocycles. The number of amides is 2. The van der Waals surface area contributed by atoms with Crippen LogP contribution in [0.25, 0.3) is 0 Å². The van der Waals surface area contributed by atoms with Crippen molar-refractivity contribution in [3.63, 3.8) is 0 Å². The van der Waals surface area contributed by atoms with Crippen LogP contribution in [0.1, 0.15) is 18.0 Å². The van der Waals surface area contributed by atoms with Crippen molar-refractivity contribution in [1.82, 2.24) is 5.32 Å². The Morgan fingerprint density at radius 1 is 1.33 bits per heavy atom. The largest absolute Gasteiger partial charge is 0.550 e. The molecule has 1 aromatic carbocycles. The minimum atomic E-state index is -1.24. The van der Waals surface area contributed by atoms with Gasteiger partial charge in [-0.05, 0) is 5.56 Å². The summed E-state index contributed by atoms with van der Waals surface area (Å²) in [5.41, 5.74) is 5.62. The molecule has 0 heterocycles. The highest BCUT2D eigenvalue weighted by atomic mass is 16.4. The summed E-state index contributed by atoms with van der Waals surface area (Å²) < 4.78 is 0. The van der Waals surface area contributed by atoms with E-state index < -0.39 is 18.0 Å². The quantitative estimate of drug-likeness (QED) is 0.699. The lowest BCUT2D eigenvalue weighted by molar-refractivity contribution is -0.306. The van der Waals surface area contributed by atoms with Crippen molar-refractivity contribution in [1.29, 1.82) is 0 Å². The molecule has 15 heavy (non-hydrogen) atoms. The molecule has 0 radical (unpaired) electrons. The van der Waals surface area contributed by atoms with Crippen LogP contribution in [-0.4, -0.2) is 12.0 Å². The van der Waals surface area contributed by atoms with Crippen molar-refractivity contribution in [2.75, 3.05) is 0 Å². The second-order valence-corrected chi connectivity index (χ2v) is 3.05. The molecule has 1 aromatic rings. The maximum absolute atomic E-state index is 10.7. The second kappa shape index (κ2) is 4.99. The van der Waals surface area contributed by atoms with Crippen LogP contribution in [0.3, 0.4) is 0 Å². The lowest BCUT2D eigenvalue weighted by Gasteiger charge is -2.18. The molecule has 5 heteroatoms. The van der Waals surface area contributed by atoms with E-state index in [1.54, 1.807) is 30.3 Å². The molecule has 3 N–H and O–H groups in total. The Kier molecular flexibility index (Phi) is 3.68. The van der Waals surface area contributed by atoms with Crippen LogP contribution < -0.4 is 16.2 Å². The summed E-state index contributed by atoms with van der Waals surface area (Å²) in [5, 5.41) is 12.8. The van der Waals surface area contributed by atoms with E-state index in [2.05, 4.69) is 5.32 Å². The number of carbonyl (C=O) groups is 2. The Bertz CT molecular complexity index is 335. The van der Waals surface area contributed by atoms with E-state index >= 15 is 0 Å². The summed E-state index contributed by atoms with van der Waals surface area (Å²) in [6.07, 6.45) is -0.299. The number of hydrogen-bond donors (Lipinski definition) is 2. The third kappa shape index (κ3) is 3.68. The fourth-order valence-corrected chi connectivity index (χ4v) is 1.28. The van der Waals surface area contributed by atoms with Crippen molar-refractivity contribution in [2.45, 2.75) is 12.5 Å². The van der Waals surface area contributed by atoms with E-state index in [1.807, 2.05) is 0 Å². The predicted octanol–water partition coefficient (Wildman–Crippen LogP) is -0.464. The average molecular weight is 207 g/mol. The number of primary amides is 1. The number of rotatable bonds is 4. The number of carbonyl (C=O) groups excluding carboxylic acids is 2. The maximum atomic E-state index is 10.7. The molecule has 1 atom stereocenters. The van der Waals surface area contributed by atoms with Crippen LogP contribution in [0.5, 0.6) is 0 Å². The van der Waals surface area contributed by atoms with Gasteiger partial charge in [-0.15, -0.1) is 0 Å². The van der Waals surface area contributed by atoms with E-state index in [-0.39, 0.29) is 6.42 Å². The van der Waals surface area contributed by atoms with E-state index in [4.69, 9.17) is 5.73 Å². The summed E-state index contributed by atoms with van der Waals surface area (Å²) in [4.78, 5) is 21.1. The van der Waals surface area contributed by atoms with Gasteiger partial charge in [0.25, 0.3) is 0 Å². The molecule has 80 valence electrons. The van der Waals surface area contributed by atoms with Gasteiger partial charge in [-0.2, -0.15) is 0 Å². The van der Waals surface area contributed by atoms with Gasteiger partial charge in [0.15, 0.2) is 0 Å². The summed E-state index contributed by atoms with van der Waals surface area (Å²) >= 11 is 0. The highest BCUT2D eigenvalue weighted by molar-refractivity contribution is 5.74. The van der Waals surface area contributed by atoms with E-state index in [0.717, 1.165) is 0 Å². The Morgan fingerprint density at radius 3 is 2.40 bits per heavy atom. The van der Waals surface area contributed by atoms with Gasteiger partial charge in [-0.3, -0.25) is 0 Å². The van der Waals surface area contributed by atoms with Gasteiger partial charge in [0.05, 0.1) is 6.04 Å². The minimum absolute atomic E-state index is 0.299. The predicted molar refractivity (Wildman–Crippen MR) is 51.5 cm³/mol. The number of hydrogen-bond acceptors (Lipinski definition) is 3. The number of nitrogens with one attached hydrogen (secondary N) is 1. The number of benzene rings is 1. The second-order valence-electron chi connectivity index (χ2n) is 3.05. The summed E-state index contributed by atoms with van der Waals surface area (Å²) in [5.74, 6) is -1.24. The van der Waals surface area contributed by atoms with Crippen LogP contribution in [0, 0.1) is 0 Å². The summed E-state index contributed by atoms with van der Waals surface area (Å²) in [6, 6.07) is 7.32. The first-order chi connectivity index (χ1) is 7.09. The zero-order valence-corrected chi connectivity index (χ0v) is 7.97. The Hall–Kier alpha value is -2.04. The lowest BCUT2D eigenvalue weighted by Crippen LogP contribution is -2.37. The van der Waals surface area contributed by atoms with Crippen molar-refractivity contribution < 1.29 is 14.7 Å². The first kappa shape index (κ1) is 11.0. The Morgan fingerprint density at radius 2 is 1.93 bits per heavy atom. The maximum Gasteiger partial charge on any atom is 0.312 e. The van der Waals surface area contributed by atoms with Crippen LogP contribution in [-0.2, 0) is 4.79 Å². The fraction of sp³-hybridized carbons (Fsp3) is 0.200. The third-order valence-electron chi connectivity index (χ3n) is 1.89. The van der Waals surface area contributed by atoms with Gasteiger partial charge < -0.3 is 21.0 Å². The average Bonchev–Trinajstić information content (AvgIpc) is 2.17. The van der Waals surface area contributed by atoms with Crippen molar-refractivity contribution in [3.8, 4) is 0 Å². The monoisotopic (exact) mass is 207 g/mol. The molecule has 0 fully saturated rings. The molecule has 0 aromatic heterocycles. The minimum Gasteiger partial charge on any atom is -0.550 e. The molecular formula is C10H11N2O3-. The number of carboxylic acids is 1. The van der Waals surface area contributed by atoms with Crippen LogP contribution in [0.4, 0.5) is 4.79 Å². The zero-order valence-electron chi connectivity index (χ0n) is 7.97. The summed E-state index contributed by atoms with van der Waals surface area (Å²) in [6.45, 7) is 0. The normalized spacial score (nSPS) is 11.7. The van der Waals surface area contributed by atoms with Crippen molar-refractivity contribution in [2.24, 2.45) is 5.73 Å². The molecule has 5 nitrogen and oxygen atoms in total. The number of urea groups is 1. The zero-order chi connectivity index (χ0) is 11.3. The molecule has 2 amide bonds. The van der Waals surface area contributed by atoms with Crippen molar-refractivity contribution in [3.05, 3.63) is 35.9 Å². The standard InChI is InChI=1S/C10H12N2O3/c11-10(15)12-8(6-9(13)14)7-4-2-1-3-5-7/h1-5,8H,6H2,(H,13,14)(H3,11,12,15)/p-1/t8-/m0/s1. The Balaban J connectivity index is 2.81. The van der Waals surface area contributed by atoms with Gasteiger partial charge >= 0.3 is 6.03 Å². The van der Waals surface area contributed by atoms with Crippen molar-refractivity contribution >= 4 is 12.0 Å². The molecule has 0 aliphatic carbocycles. The highest BCUT2D eigenvalue weighted by Gasteiger charge is 2.12. The molecular weight excluding hydrogens is 196 g/mol. The van der Waals surface area contributed by atoms with E-state index in [1.165, 1.54) is 0 Å². The number of aliphatic carboxylic acids is 1. The van der Waals surface area contributed by atoms with Gasteiger partial charge in [-0.1, -0.05) is 30.3 Å². The molecule has 0 spiro atoms. The smallest absolute Gasteiger partial charge is 0.312 e.